The highest BCUT2D eigenvalue weighted by Crippen LogP contribution is 2.03. The summed E-state index contributed by atoms with van der Waals surface area (Å²) in [5, 5.41) is 11.5. The summed E-state index contributed by atoms with van der Waals surface area (Å²) in [6.45, 7) is 1.66. The lowest BCUT2D eigenvalue weighted by Crippen LogP contribution is -2.40. The molecule has 6 nitrogen and oxygen atoms in total. The van der Waals surface area contributed by atoms with E-state index in [0.29, 0.717) is 0 Å². The van der Waals surface area contributed by atoms with Gasteiger partial charge < -0.3 is 19.7 Å². The summed E-state index contributed by atoms with van der Waals surface area (Å²) in [6.07, 6.45) is 0.791. The zero-order valence-electron chi connectivity index (χ0n) is 9.84. The molecule has 0 unspecified atom stereocenters. The van der Waals surface area contributed by atoms with E-state index in [2.05, 4.69) is 5.32 Å². The summed E-state index contributed by atoms with van der Waals surface area (Å²) < 4.78 is 4.93. The molecule has 0 aliphatic rings. The molecule has 2 amide bonds. The van der Waals surface area contributed by atoms with Crippen LogP contribution in [0.3, 0.4) is 0 Å². The second kappa shape index (κ2) is 6.05. The van der Waals surface area contributed by atoms with E-state index < -0.39 is 6.10 Å². The molecule has 0 spiro atoms. The van der Waals surface area contributed by atoms with Crippen LogP contribution < -0.4 is 5.32 Å². The molecule has 1 aromatic rings. The van der Waals surface area contributed by atoms with Gasteiger partial charge >= 0.3 is 0 Å². The van der Waals surface area contributed by atoms with Crippen molar-refractivity contribution in [2.75, 3.05) is 20.1 Å². The van der Waals surface area contributed by atoms with E-state index in [0.717, 1.165) is 0 Å². The Morgan fingerprint density at radius 1 is 1.59 bits per heavy atom. The molecule has 1 heterocycles. The van der Waals surface area contributed by atoms with Crippen molar-refractivity contribution in [3.63, 3.8) is 0 Å². The van der Waals surface area contributed by atoms with E-state index in [1.807, 2.05) is 0 Å². The van der Waals surface area contributed by atoms with Crippen LogP contribution in [-0.2, 0) is 4.79 Å². The van der Waals surface area contributed by atoms with Gasteiger partial charge in [-0.15, -0.1) is 0 Å². The Morgan fingerprint density at radius 2 is 2.29 bits per heavy atom. The maximum atomic E-state index is 11.7. The van der Waals surface area contributed by atoms with Crippen molar-refractivity contribution in [2.45, 2.75) is 13.0 Å². The number of hydrogen-bond acceptors (Lipinski definition) is 4. The predicted octanol–water partition coefficient (Wildman–Crippen LogP) is -0.151. The lowest BCUT2D eigenvalue weighted by molar-refractivity contribution is -0.122. The Labute approximate surface area is 99.2 Å². The standard InChI is InChI=1S/C11H16N2O4/c1-8(14)6-12-10(15)7-13(2)11(16)9-4-3-5-17-9/h3-5,8,14H,6-7H2,1-2H3,(H,12,15)/t8-/m1/s1. The number of likely N-dealkylation sites (N-methyl/N-ethyl adjacent to an activating group) is 1. The smallest absolute Gasteiger partial charge is 0.289 e. The van der Waals surface area contributed by atoms with Gasteiger partial charge in [0.25, 0.3) is 5.91 Å². The van der Waals surface area contributed by atoms with E-state index in [9.17, 15) is 9.59 Å². The summed E-state index contributed by atoms with van der Waals surface area (Å²) in [7, 11) is 1.51. The van der Waals surface area contributed by atoms with Gasteiger partial charge in [-0.3, -0.25) is 9.59 Å². The minimum atomic E-state index is -0.606. The van der Waals surface area contributed by atoms with Crippen molar-refractivity contribution < 1.29 is 19.1 Å². The van der Waals surface area contributed by atoms with Crippen molar-refractivity contribution in [1.29, 1.82) is 0 Å². The van der Waals surface area contributed by atoms with E-state index >= 15 is 0 Å². The van der Waals surface area contributed by atoms with Gasteiger partial charge in [-0.1, -0.05) is 0 Å². The molecular formula is C11H16N2O4. The Balaban J connectivity index is 2.41. The van der Waals surface area contributed by atoms with Crippen LogP contribution in [0.2, 0.25) is 0 Å². The lowest BCUT2D eigenvalue weighted by Gasteiger charge is -2.15. The van der Waals surface area contributed by atoms with Crippen molar-refractivity contribution in [1.82, 2.24) is 10.2 Å². The van der Waals surface area contributed by atoms with E-state index in [4.69, 9.17) is 9.52 Å². The van der Waals surface area contributed by atoms with Crippen LogP contribution in [0.1, 0.15) is 17.5 Å². The molecule has 0 aliphatic carbocycles. The van der Waals surface area contributed by atoms with Gasteiger partial charge in [0.2, 0.25) is 5.91 Å². The number of carbonyl (C=O) groups is 2. The first-order chi connectivity index (χ1) is 8.00. The fraction of sp³-hybridized carbons (Fsp3) is 0.455. The summed E-state index contributed by atoms with van der Waals surface area (Å²) in [4.78, 5) is 24.3. The quantitative estimate of drug-likeness (QED) is 0.749. The fourth-order valence-electron chi connectivity index (χ4n) is 1.19. The lowest BCUT2D eigenvalue weighted by atomic mass is 10.3. The number of aliphatic hydroxyl groups is 1. The molecule has 1 atom stereocenters. The third-order valence-electron chi connectivity index (χ3n) is 2.05. The highest BCUT2D eigenvalue weighted by molar-refractivity contribution is 5.94. The van der Waals surface area contributed by atoms with Crippen LogP contribution >= 0.6 is 0 Å². The van der Waals surface area contributed by atoms with Crippen LogP contribution in [0.25, 0.3) is 0 Å². The second-order valence-electron chi connectivity index (χ2n) is 3.79. The van der Waals surface area contributed by atoms with E-state index in [1.165, 1.54) is 24.3 Å². The number of furan rings is 1. The molecule has 0 aliphatic heterocycles. The molecular weight excluding hydrogens is 224 g/mol. The monoisotopic (exact) mass is 240 g/mol. The topological polar surface area (TPSA) is 82.8 Å². The zero-order chi connectivity index (χ0) is 12.8. The van der Waals surface area contributed by atoms with Gasteiger partial charge in [-0.05, 0) is 19.1 Å². The molecule has 17 heavy (non-hydrogen) atoms. The zero-order valence-corrected chi connectivity index (χ0v) is 9.84. The summed E-state index contributed by atoms with van der Waals surface area (Å²) in [5.41, 5.74) is 0. The number of carbonyl (C=O) groups excluding carboxylic acids is 2. The Bertz CT molecular complexity index is 373. The van der Waals surface area contributed by atoms with Crippen LogP contribution in [0.4, 0.5) is 0 Å². The van der Waals surface area contributed by atoms with Gasteiger partial charge in [0, 0.05) is 13.6 Å². The minimum Gasteiger partial charge on any atom is -0.459 e. The molecule has 0 bridgehead atoms. The van der Waals surface area contributed by atoms with Crippen LogP contribution in [0, 0.1) is 0 Å². The van der Waals surface area contributed by atoms with Crippen LogP contribution in [0.5, 0.6) is 0 Å². The molecule has 6 heteroatoms. The van der Waals surface area contributed by atoms with Crippen molar-refractivity contribution in [2.24, 2.45) is 0 Å². The average Bonchev–Trinajstić information content (AvgIpc) is 2.78. The number of rotatable bonds is 5. The summed E-state index contributed by atoms with van der Waals surface area (Å²) in [6, 6.07) is 3.14. The van der Waals surface area contributed by atoms with Gasteiger partial charge in [-0.25, -0.2) is 0 Å². The number of nitrogens with one attached hydrogen (secondary N) is 1. The summed E-state index contributed by atoms with van der Waals surface area (Å²) in [5.74, 6) is -0.494. The Morgan fingerprint density at radius 3 is 2.82 bits per heavy atom. The Kier molecular flexibility index (Phi) is 4.71. The SMILES string of the molecule is C[C@@H](O)CNC(=O)CN(C)C(=O)c1ccco1. The number of hydrogen-bond donors (Lipinski definition) is 2. The highest BCUT2D eigenvalue weighted by Gasteiger charge is 2.16. The van der Waals surface area contributed by atoms with E-state index in [-0.39, 0.29) is 30.7 Å². The van der Waals surface area contributed by atoms with Crippen LogP contribution in [0.15, 0.2) is 22.8 Å². The number of nitrogens with zero attached hydrogens (tertiary/aromatic N) is 1. The first-order valence-corrected chi connectivity index (χ1v) is 5.24. The largest absolute Gasteiger partial charge is 0.459 e. The Hall–Kier alpha value is -1.82. The molecule has 94 valence electrons. The summed E-state index contributed by atoms with van der Waals surface area (Å²) >= 11 is 0. The molecule has 1 aromatic heterocycles. The van der Waals surface area contributed by atoms with Crippen molar-refractivity contribution in [3.8, 4) is 0 Å². The van der Waals surface area contributed by atoms with Gasteiger partial charge in [0.15, 0.2) is 5.76 Å². The normalized spacial score (nSPS) is 11.9. The predicted molar refractivity (Wildman–Crippen MR) is 60.4 cm³/mol. The third-order valence-corrected chi connectivity index (χ3v) is 2.05. The molecule has 0 radical (unpaired) electrons. The number of aliphatic hydroxyl groups excluding tert-OH is 1. The van der Waals surface area contributed by atoms with Gasteiger partial charge in [0.1, 0.15) is 0 Å². The first-order valence-electron chi connectivity index (χ1n) is 5.24. The third kappa shape index (κ3) is 4.28. The number of amides is 2. The molecule has 1 rings (SSSR count). The first kappa shape index (κ1) is 13.2. The maximum Gasteiger partial charge on any atom is 0.289 e. The van der Waals surface area contributed by atoms with Crippen molar-refractivity contribution >= 4 is 11.8 Å². The van der Waals surface area contributed by atoms with Gasteiger partial charge in [0.05, 0.1) is 18.9 Å². The average molecular weight is 240 g/mol. The second-order valence-corrected chi connectivity index (χ2v) is 3.79. The van der Waals surface area contributed by atoms with Gasteiger partial charge in [-0.2, -0.15) is 0 Å². The molecule has 0 saturated heterocycles. The highest BCUT2D eigenvalue weighted by atomic mass is 16.3. The molecule has 0 saturated carbocycles. The van der Waals surface area contributed by atoms with Crippen LogP contribution in [-0.4, -0.2) is 48.1 Å². The van der Waals surface area contributed by atoms with Crippen molar-refractivity contribution in [3.05, 3.63) is 24.2 Å². The maximum absolute atomic E-state index is 11.7. The fourth-order valence-corrected chi connectivity index (χ4v) is 1.19. The molecule has 2 N–H and O–H groups in total. The molecule has 0 aromatic carbocycles. The molecule has 0 fully saturated rings. The minimum absolute atomic E-state index is 0.0771. The van der Waals surface area contributed by atoms with E-state index in [1.54, 1.807) is 13.0 Å².